The molecule has 0 aliphatic carbocycles. The van der Waals surface area contributed by atoms with Gasteiger partial charge >= 0.3 is 0 Å². The molecule has 0 spiro atoms. The van der Waals surface area contributed by atoms with Crippen LogP contribution in [-0.2, 0) is 4.79 Å². The van der Waals surface area contributed by atoms with Gasteiger partial charge in [-0.25, -0.2) is 5.01 Å². The van der Waals surface area contributed by atoms with E-state index in [1.54, 1.807) is 0 Å². The van der Waals surface area contributed by atoms with Gasteiger partial charge in [0.2, 0.25) is 5.91 Å². The Labute approximate surface area is 141 Å². The maximum absolute atomic E-state index is 12.6. The Kier molecular flexibility index (Phi) is 4.60. The van der Waals surface area contributed by atoms with Gasteiger partial charge in [0.05, 0.1) is 29.3 Å². The summed E-state index contributed by atoms with van der Waals surface area (Å²) in [6, 6.07) is 18.4. The molecule has 3 rings (SSSR count). The van der Waals surface area contributed by atoms with Crippen LogP contribution in [0.3, 0.4) is 0 Å². The minimum atomic E-state index is -0.404. The first-order chi connectivity index (χ1) is 11.6. The summed E-state index contributed by atoms with van der Waals surface area (Å²) in [6.45, 7) is 3.75. The molecular formula is C19H21N3O2. The number of nitrogens with zero attached hydrogens (tertiary/aromatic N) is 2. The largest absolute Gasteiger partial charge is 0.351 e. The van der Waals surface area contributed by atoms with Crippen LogP contribution in [0.25, 0.3) is 0 Å². The molecule has 1 fully saturated rings. The van der Waals surface area contributed by atoms with Crippen molar-refractivity contribution in [1.29, 1.82) is 0 Å². The standard InChI is InChI=1S/C19H21N3O2/c1-13-17(15-9-5-3-6-10-15)22(21-24)18(14(2)20-19(13)23)16-11-7-4-8-12-16/h3-14,17-18H,1-2H3,(H,20,23)/t13-,14-,17+,18-/m0/s1. The lowest BCUT2D eigenvalue weighted by molar-refractivity contribution is -0.125. The summed E-state index contributed by atoms with van der Waals surface area (Å²) in [5, 5.41) is 7.91. The van der Waals surface area contributed by atoms with E-state index >= 15 is 0 Å². The molecule has 2 aromatic carbocycles. The molecule has 2 aromatic rings. The van der Waals surface area contributed by atoms with Crippen molar-refractivity contribution in [3.8, 4) is 0 Å². The van der Waals surface area contributed by atoms with E-state index in [1.807, 2.05) is 74.5 Å². The Balaban J connectivity index is 2.12. The third-order valence-corrected chi connectivity index (χ3v) is 4.68. The van der Waals surface area contributed by atoms with Gasteiger partial charge in [0.25, 0.3) is 0 Å². The summed E-state index contributed by atoms with van der Waals surface area (Å²) in [5.41, 5.74) is 1.87. The average molecular weight is 323 g/mol. The Morgan fingerprint density at radius 3 is 1.88 bits per heavy atom. The van der Waals surface area contributed by atoms with E-state index in [9.17, 15) is 9.70 Å². The molecule has 5 heteroatoms. The number of amides is 1. The van der Waals surface area contributed by atoms with Crippen molar-refractivity contribution in [2.45, 2.75) is 32.0 Å². The highest BCUT2D eigenvalue weighted by Gasteiger charge is 2.42. The van der Waals surface area contributed by atoms with Crippen molar-refractivity contribution in [2.75, 3.05) is 0 Å². The summed E-state index contributed by atoms with van der Waals surface area (Å²) in [5.74, 6) is -0.454. The first-order valence-corrected chi connectivity index (χ1v) is 8.15. The normalized spacial score (nSPS) is 27.2. The molecule has 124 valence electrons. The van der Waals surface area contributed by atoms with E-state index in [0.717, 1.165) is 11.1 Å². The number of carbonyl (C=O) groups is 1. The van der Waals surface area contributed by atoms with Crippen molar-refractivity contribution >= 4 is 5.91 Å². The zero-order valence-corrected chi connectivity index (χ0v) is 13.8. The minimum absolute atomic E-state index is 0.0663. The lowest BCUT2D eigenvalue weighted by atomic mass is 9.92. The van der Waals surface area contributed by atoms with Crippen LogP contribution < -0.4 is 5.32 Å². The Hall–Kier alpha value is -2.69. The number of nitroso groups, excluding NO2 is 1. The fraction of sp³-hybridized carbons (Fsp3) is 0.316. The molecule has 0 unspecified atom stereocenters. The predicted molar refractivity (Wildman–Crippen MR) is 92.8 cm³/mol. The van der Waals surface area contributed by atoms with Crippen LogP contribution >= 0.6 is 0 Å². The van der Waals surface area contributed by atoms with Crippen LogP contribution in [0.5, 0.6) is 0 Å². The number of hydrogen-bond donors (Lipinski definition) is 1. The summed E-state index contributed by atoms with van der Waals surface area (Å²) in [6.07, 6.45) is 0. The molecule has 1 aliphatic rings. The second-order valence-corrected chi connectivity index (χ2v) is 6.26. The van der Waals surface area contributed by atoms with Crippen molar-refractivity contribution in [2.24, 2.45) is 11.2 Å². The van der Waals surface area contributed by atoms with E-state index in [1.165, 1.54) is 5.01 Å². The van der Waals surface area contributed by atoms with Gasteiger partial charge < -0.3 is 5.32 Å². The number of nitrogens with one attached hydrogen (secondary N) is 1. The molecule has 24 heavy (non-hydrogen) atoms. The zero-order chi connectivity index (χ0) is 17.1. The van der Waals surface area contributed by atoms with Crippen LogP contribution in [-0.4, -0.2) is 17.0 Å². The summed E-state index contributed by atoms with van der Waals surface area (Å²) < 4.78 is 0. The molecule has 1 N–H and O–H groups in total. The third-order valence-electron chi connectivity index (χ3n) is 4.68. The molecule has 0 saturated carbocycles. The van der Waals surface area contributed by atoms with E-state index in [4.69, 9.17) is 0 Å². The first kappa shape index (κ1) is 16.2. The van der Waals surface area contributed by atoms with Crippen LogP contribution in [0.2, 0.25) is 0 Å². The maximum atomic E-state index is 12.6. The van der Waals surface area contributed by atoms with Crippen LogP contribution in [0.1, 0.15) is 37.1 Å². The number of benzene rings is 2. The fourth-order valence-corrected chi connectivity index (χ4v) is 3.49. The Morgan fingerprint density at radius 1 is 0.875 bits per heavy atom. The molecule has 0 aromatic heterocycles. The van der Waals surface area contributed by atoms with Gasteiger partial charge in [0, 0.05) is 0 Å². The van der Waals surface area contributed by atoms with Gasteiger partial charge in [-0.3, -0.25) is 4.79 Å². The monoisotopic (exact) mass is 323 g/mol. The van der Waals surface area contributed by atoms with E-state index in [0.29, 0.717) is 0 Å². The number of carbonyl (C=O) groups excluding carboxylic acids is 1. The molecule has 0 radical (unpaired) electrons. The molecule has 4 atom stereocenters. The van der Waals surface area contributed by atoms with Crippen molar-refractivity contribution in [3.63, 3.8) is 0 Å². The summed E-state index contributed by atoms with van der Waals surface area (Å²) in [4.78, 5) is 24.4. The minimum Gasteiger partial charge on any atom is -0.351 e. The second-order valence-electron chi connectivity index (χ2n) is 6.26. The Morgan fingerprint density at radius 2 is 1.38 bits per heavy atom. The van der Waals surface area contributed by atoms with Gasteiger partial charge in [-0.05, 0) is 18.1 Å². The fourth-order valence-electron chi connectivity index (χ4n) is 3.49. The third kappa shape index (κ3) is 2.89. The number of rotatable bonds is 3. The first-order valence-electron chi connectivity index (χ1n) is 8.15. The zero-order valence-electron chi connectivity index (χ0n) is 13.8. The highest BCUT2D eigenvalue weighted by Crippen LogP contribution is 2.39. The quantitative estimate of drug-likeness (QED) is 0.878. The summed E-state index contributed by atoms with van der Waals surface area (Å²) in [7, 11) is 0. The highest BCUT2D eigenvalue weighted by molar-refractivity contribution is 5.80. The lowest BCUT2D eigenvalue weighted by Crippen LogP contribution is -2.39. The van der Waals surface area contributed by atoms with Gasteiger partial charge in [-0.15, -0.1) is 4.91 Å². The predicted octanol–water partition coefficient (Wildman–Crippen LogP) is 3.61. The SMILES string of the molecule is C[C@@H]1NC(=O)[C@@H](C)[C@H](c2ccccc2)N(N=O)[C@@H]1c1ccccc1. The van der Waals surface area contributed by atoms with Crippen LogP contribution in [0, 0.1) is 10.8 Å². The van der Waals surface area contributed by atoms with Crippen molar-refractivity contribution in [1.82, 2.24) is 10.3 Å². The van der Waals surface area contributed by atoms with E-state index < -0.39 is 6.04 Å². The van der Waals surface area contributed by atoms with Gasteiger partial charge in [-0.1, -0.05) is 67.6 Å². The van der Waals surface area contributed by atoms with Gasteiger partial charge in [0.1, 0.15) is 0 Å². The average Bonchev–Trinajstić information content (AvgIpc) is 2.71. The molecule has 0 bridgehead atoms. The summed E-state index contributed by atoms with van der Waals surface area (Å²) >= 11 is 0. The highest BCUT2D eigenvalue weighted by atomic mass is 16.3. The molecular weight excluding hydrogens is 302 g/mol. The van der Waals surface area contributed by atoms with Crippen molar-refractivity contribution in [3.05, 3.63) is 76.7 Å². The van der Waals surface area contributed by atoms with E-state index in [2.05, 4.69) is 10.6 Å². The molecule has 1 aliphatic heterocycles. The van der Waals surface area contributed by atoms with Gasteiger partial charge in [-0.2, -0.15) is 0 Å². The lowest BCUT2D eigenvalue weighted by Gasteiger charge is -2.35. The smallest absolute Gasteiger partial charge is 0.225 e. The van der Waals surface area contributed by atoms with E-state index in [-0.39, 0.29) is 23.9 Å². The topological polar surface area (TPSA) is 61.8 Å². The molecule has 1 heterocycles. The van der Waals surface area contributed by atoms with Gasteiger partial charge in [0.15, 0.2) is 0 Å². The molecule has 1 saturated heterocycles. The maximum Gasteiger partial charge on any atom is 0.225 e. The van der Waals surface area contributed by atoms with Crippen LogP contribution in [0.15, 0.2) is 65.9 Å². The van der Waals surface area contributed by atoms with Crippen molar-refractivity contribution < 1.29 is 4.79 Å². The number of hydrogen-bond acceptors (Lipinski definition) is 3. The van der Waals surface area contributed by atoms with Crippen LogP contribution in [0.4, 0.5) is 0 Å². The molecule has 5 nitrogen and oxygen atoms in total. The molecule has 1 amide bonds. The second kappa shape index (κ2) is 6.83. The Bertz CT molecular complexity index is 705.